The van der Waals surface area contributed by atoms with Crippen LogP contribution in [0.5, 0.6) is 0 Å². The first-order valence-electron chi connectivity index (χ1n) is 20.7. The van der Waals surface area contributed by atoms with Crippen molar-refractivity contribution in [3.63, 3.8) is 0 Å². The van der Waals surface area contributed by atoms with Crippen LogP contribution in [-0.4, -0.2) is 21.1 Å². The average Bonchev–Trinajstić information content (AvgIpc) is 3.72. The van der Waals surface area contributed by atoms with Crippen LogP contribution in [0.15, 0.2) is 210 Å². The van der Waals surface area contributed by atoms with Gasteiger partial charge in [0.15, 0.2) is 5.84 Å². The van der Waals surface area contributed by atoms with E-state index >= 15 is 0 Å². The zero-order chi connectivity index (χ0) is 41.5. The van der Waals surface area contributed by atoms with Crippen molar-refractivity contribution in [2.45, 2.75) is 26.8 Å². The van der Waals surface area contributed by atoms with Crippen LogP contribution in [0.4, 0.5) is 0 Å². The number of rotatable bonds is 10. The number of hydrogen-bond acceptors (Lipinski definition) is 3. The number of fused-ring (bicyclic) bond motifs is 1. The summed E-state index contributed by atoms with van der Waals surface area (Å²) in [5, 5.41) is 10.1. The van der Waals surface area contributed by atoms with Gasteiger partial charge in [-0.25, -0.2) is 9.98 Å². The number of benzene rings is 8. The van der Waals surface area contributed by atoms with Gasteiger partial charge in [0.2, 0.25) is 0 Å². The van der Waals surface area contributed by atoms with E-state index in [4.69, 9.17) is 15.0 Å². The molecule has 0 N–H and O–H groups in total. The number of hydrogen-bond donors (Lipinski definition) is 0. The smallest absolute Gasteiger partial charge is 0.155 e. The number of aromatic nitrogens is 2. The quantitative estimate of drug-likeness (QED) is 0.102. The molecule has 0 aliphatic carbocycles. The lowest BCUT2D eigenvalue weighted by Crippen LogP contribution is -2.04. The molecular formula is C56H43N5. The summed E-state index contributed by atoms with van der Waals surface area (Å²) in [6.07, 6.45) is 0.786. The molecule has 0 bridgehead atoms. The van der Waals surface area contributed by atoms with E-state index in [-0.39, 0.29) is 0 Å². The fraction of sp³-hybridized carbons (Fsp3) is 0.0714. The molecule has 0 saturated heterocycles. The first-order valence-corrected chi connectivity index (χ1v) is 20.7. The molecule has 8 aromatic carbocycles. The Morgan fingerprint density at radius 3 is 1.97 bits per heavy atom. The minimum atomic E-state index is 0.454. The van der Waals surface area contributed by atoms with Crippen LogP contribution < -0.4 is 0 Å². The first-order chi connectivity index (χ1) is 30.1. The Morgan fingerprint density at radius 2 is 1.18 bits per heavy atom. The third-order valence-electron chi connectivity index (χ3n) is 11.1. The molecule has 9 rings (SSSR count). The van der Waals surface area contributed by atoms with Crippen molar-refractivity contribution in [2.75, 3.05) is 0 Å². The standard InChI is InChI=1S/C56H43N5/c1-3-54-60-51-32-13-15-34-53(51)61(54)52-33-14-12-29-49(52)50-31-18-30-48(55(50)45-27-17-26-44(36-45)47-28-11-10-24-46(47)37-57)43-25-16-19-40(35-43)38-58-56(42-22-8-5-9-23-42)59-39(2)41-20-6-4-7-21-41/h4-36H,3,38H2,1-2H3/b58-56-,59-39+. The highest BCUT2D eigenvalue weighted by molar-refractivity contribution is 6.11. The summed E-state index contributed by atoms with van der Waals surface area (Å²) in [5.41, 5.74) is 16.2. The van der Waals surface area contributed by atoms with E-state index < -0.39 is 0 Å². The average molecular weight is 786 g/mol. The molecule has 0 saturated carbocycles. The summed E-state index contributed by atoms with van der Waals surface area (Å²) < 4.78 is 2.31. The fourth-order valence-corrected chi connectivity index (χ4v) is 8.17. The second kappa shape index (κ2) is 17.5. The molecule has 0 spiro atoms. The SMILES string of the molecule is CCc1nc2ccccc2n1-c1ccccc1-c1cccc(-c2cccc(C/N=C(\N=C(/C)c3ccccc3)c3ccccc3)c2)c1-c1cccc(-c2ccccc2C#N)c1. The first kappa shape index (κ1) is 38.6. The van der Waals surface area contributed by atoms with Gasteiger partial charge in [0.25, 0.3) is 0 Å². The zero-order valence-electron chi connectivity index (χ0n) is 34.2. The zero-order valence-corrected chi connectivity index (χ0v) is 34.2. The van der Waals surface area contributed by atoms with Gasteiger partial charge >= 0.3 is 0 Å². The molecule has 0 unspecified atom stereocenters. The summed E-state index contributed by atoms with van der Waals surface area (Å²) >= 11 is 0. The maximum atomic E-state index is 10.1. The van der Waals surface area contributed by atoms with Crippen molar-refractivity contribution in [1.29, 1.82) is 5.26 Å². The molecule has 5 nitrogen and oxygen atoms in total. The molecule has 1 aromatic heterocycles. The second-order valence-electron chi connectivity index (χ2n) is 15.0. The predicted octanol–water partition coefficient (Wildman–Crippen LogP) is 13.6. The van der Waals surface area contributed by atoms with E-state index in [0.29, 0.717) is 17.9 Å². The highest BCUT2D eigenvalue weighted by Crippen LogP contribution is 2.44. The Morgan fingerprint density at radius 1 is 0.574 bits per heavy atom. The largest absolute Gasteiger partial charge is 0.296 e. The summed E-state index contributed by atoms with van der Waals surface area (Å²) in [5.74, 6) is 1.70. The Hall–Kier alpha value is -7.94. The third-order valence-corrected chi connectivity index (χ3v) is 11.1. The molecule has 9 aromatic rings. The molecule has 61 heavy (non-hydrogen) atoms. The number of nitriles is 1. The number of aryl methyl sites for hydroxylation is 1. The van der Waals surface area contributed by atoms with Gasteiger partial charge in [0.1, 0.15) is 5.82 Å². The topological polar surface area (TPSA) is 66.3 Å². The lowest BCUT2D eigenvalue weighted by Gasteiger charge is -2.20. The maximum Gasteiger partial charge on any atom is 0.155 e. The van der Waals surface area contributed by atoms with Gasteiger partial charge in [0.05, 0.1) is 34.9 Å². The molecule has 0 radical (unpaired) electrons. The van der Waals surface area contributed by atoms with Gasteiger partial charge in [-0.1, -0.05) is 171 Å². The molecule has 0 atom stereocenters. The third kappa shape index (κ3) is 7.96. The van der Waals surface area contributed by atoms with Crippen LogP contribution in [0.3, 0.4) is 0 Å². The molecule has 1 heterocycles. The number of amidine groups is 1. The van der Waals surface area contributed by atoms with E-state index in [1.165, 1.54) is 0 Å². The van der Waals surface area contributed by atoms with Gasteiger partial charge < -0.3 is 0 Å². The lowest BCUT2D eigenvalue weighted by atomic mass is 9.85. The highest BCUT2D eigenvalue weighted by atomic mass is 15.1. The van der Waals surface area contributed by atoms with E-state index in [2.05, 4.69) is 151 Å². The van der Waals surface area contributed by atoms with Gasteiger partial charge in [-0.15, -0.1) is 0 Å². The van der Waals surface area contributed by atoms with Gasteiger partial charge in [-0.2, -0.15) is 5.26 Å². The van der Waals surface area contributed by atoms with Crippen molar-refractivity contribution in [3.8, 4) is 56.3 Å². The Labute approximate surface area is 357 Å². The number of imidazole rings is 1. The van der Waals surface area contributed by atoms with Crippen LogP contribution in [0.1, 0.15) is 41.9 Å². The van der Waals surface area contributed by atoms with Gasteiger partial charge in [0, 0.05) is 23.3 Å². The van der Waals surface area contributed by atoms with Crippen molar-refractivity contribution in [3.05, 3.63) is 228 Å². The van der Waals surface area contributed by atoms with Gasteiger partial charge in [-0.05, 0) is 93.4 Å². The van der Waals surface area contributed by atoms with E-state index in [0.717, 1.165) is 95.9 Å². The van der Waals surface area contributed by atoms with Crippen LogP contribution in [-0.2, 0) is 13.0 Å². The van der Waals surface area contributed by atoms with Crippen molar-refractivity contribution in [1.82, 2.24) is 9.55 Å². The molecule has 0 amide bonds. The summed E-state index contributed by atoms with van der Waals surface area (Å²) in [6, 6.07) is 71.5. The van der Waals surface area contributed by atoms with Crippen LogP contribution in [0, 0.1) is 11.3 Å². The summed E-state index contributed by atoms with van der Waals surface area (Å²) in [7, 11) is 0. The van der Waals surface area contributed by atoms with Gasteiger partial charge in [-0.3, -0.25) is 9.56 Å². The molecule has 292 valence electrons. The van der Waals surface area contributed by atoms with Crippen LogP contribution >= 0.6 is 0 Å². The minimum Gasteiger partial charge on any atom is -0.296 e. The van der Waals surface area contributed by atoms with Crippen molar-refractivity contribution < 1.29 is 0 Å². The molecule has 0 aliphatic heterocycles. The van der Waals surface area contributed by atoms with E-state index in [1.807, 2.05) is 73.7 Å². The minimum absolute atomic E-state index is 0.454. The Bertz CT molecular complexity index is 3110. The van der Waals surface area contributed by atoms with Crippen LogP contribution in [0.25, 0.3) is 61.2 Å². The fourth-order valence-electron chi connectivity index (χ4n) is 8.17. The highest BCUT2D eigenvalue weighted by Gasteiger charge is 2.20. The maximum absolute atomic E-state index is 10.1. The number of aliphatic imine (C=N–C) groups is 2. The van der Waals surface area contributed by atoms with Crippen molar-refractivity contribution in [2.24, 2.45) is 9.98 Å². The molecule has 0 fully saturated rings. The monoisotopic (exact) mass is 785 g/mol. The van der Waals surface area contributed by atoms with Crippen molar-refractivity contribution >= 4 is 22.6 Å². The predicted molar refractivity (Wildman–Crippen MR) is 252 cm³/mol. The molecule has 5 heteroatoms. The molecule has 0 aliphatic rings. The number of nitrogens with zero attached hydrogens (tertiary/aromatic N) is 5. The van der Waals surface area contributed by atoms with Crippen LogP contribution in [0.2, 0.25) is 0 Å². The lowest BCUT2D eigenvalue weighted by molar-refractivity contribution is 0.909. The second-order valence-corrected chi connectivity index (χ2v) is 15.0. The van der Waals surface area contributed by atoms with E-state index in [1.54, 1.807) is 0 Å². The summed E-state index contributed by atoms with van der Waals surface area (Å²) in [6.45, 7) is 4.65. The number of para-hydroxylation sites is 3. The molecular weight excluding hydrogens is 743 g/mol. The Balaban J connectivity index is 1.21. The normalized spacial score (nSPS) is 11.8. The Kier molecular flexibility index (Phi) is 11.1. The summed E-state index contributed by atoms with van der Waals surface area (Å²) in [4.78, 5) is 15.3. The van der Waals surface area contributed by atoms with E-state index in [9.17, 15) is 5.26 Å².